The standard InChI is InChI=1S/C15H22N2O3S/c1-15(2,3)20-14(18)17-9-7-12(10-17)11-21(19)13-6-4-5-8-16-13/h4-6,8,12H,7,9-11H2,1-3H3/t12-,21-/m1/s1. The minimum absolute atomic E-state index is 0.236. The van der Waals surface area contributed by atoms with Crippen LogP contribution in [-0.4, -0.2) is 44.6 Å². The molecule has 1 aliphatic heterocycles. The molecule has 0 aliphatic carbocycles. The average Bonchev–Trinajstić information content (AvgIpc) is 2.86. The van der Waals surface area contributed by atoms with Gasteiger partial charge in [-0.05, 0) is 45.2 Å². The highest BCUT2D eigenvalue weighted by molar-refractivity contribution is 7.84. The first kappa shape index (κ1) is 15.9. The van der Waals surface area contributed by atoms with E-state index in [-0.39, 0.29) is 12.0 Å². The molecule has 1 fully saturated rings. The lowest BCUT2D eigenvalue weighted by Crippen LogP contribution is -2.35. The Labute approximate surface area is 128 Å². The van der Waals surface area contributed by atoms with Gasteiger partial charge in [0.15, 0.2) is 0 Å². The zero-order valence-electron chi connectivity index (χ0n) is 12.7. The molecule has 6 heteroatoms. The van der Waals surface area contributed by atoms with Gasteiger partial charge in [-0.2, -0.15) is 0 Å². The highest BCUT2D eigenvalue weighted by Gasteiger charge is 2.30. The fourth-order valence-electron chi connectivity index (χ4n) is 2.24. The Bertz CT molecular complexity index is 513. The Morgan fingerprint density at radius 1 is 1.48 bits per heavy atom. The molecule has 1 aliphatic rings. The van der Waals surface area contributed by atoms with Crippen molar-refractivity contribution in [2.45, 2.75) is 37.8 Å². The molecule has 2 heterocycles. The SMILES string of the molecule is CC(C)(C)OC(=O)N1CC[C@@H](C[S@@](=O)c2ccccn2)C1. The van der Waals surface area contributed by atoms with E-state index in [4.69, 9.17) is 4.74 Å². The van der Waals surface area contributed by atoms with Crippen LogP contribution in [0.3, 0.4) is 0 Å². The quantitative estimate of drug-likeness (QED) is 0.860. The van der Waals surface area contributed by atoms with Crippen LogP contribution in [0.5, 0.6) is 0 Å². The van der Waals surface area contributed by atoms with Crippen molar-refractivity contribution in [1.82, 2.24) is 9.88 Å². The molecule has 0 saturated carbocycles. The fraction of sp³-hybridized carbons (Fsp3) is 0.600. The van der Waals surface area contributed by atoms with E-state index in [0.717, 1.165) is 6.42 Å². The normalized spacial score (nSPS) is 20.3. The summed E-state index contributed by atoms with van der Waals surface area (Å²) >= 11 is 0. The molecular formula is C15H22N2O3S. The molecule has 2 atom stereocenters. The molecule has 1 amide bonds. The second-order valence-corrected chi connectivity index (χ2v) is 7.70. The van der Waals surface area contributed by atoms with Gasteiger partial charge in [-0.3, -0.25) is 4.21 Å². The topological polar surface area (TPSA) is 59.5 Å². The van der Waals surface area contributed by atoms with Gasteiger partial charge in [0, 0.05) is 25.0 Å². The Balaban J connectivity index is 1.86. The first-order chi connectivity index (χ1) is 9.85. The Morgan fingerprint density at radius 3 is 2.86 bits per heavy atom. The van der Waals surface area contributed by atoms with Crippen molar-refractivity contribution in [3.63, 3.8) is 0 Å². The summed E-state index contributed by atoms with van der Waals surface area (Å²) in [6.45, 7) is 6.84. The van der Waals surface area contributed by atoms with Gasteiger partial charge in [-0.25, -0.2) is 9.78 Å². The van der Waals surface area contributed by atoms with Gasteiger partial charge in [-0.15, -0.1) is 0 Å². The molecular weight excluding hydrogens is 288 g/mol. The van der Waals surface area contributed by atoms with Gasteiger partial charge in [-0.1, -0.05) is 6.07 Å². The summed E-state index contributed by atoms with van der Waals surface area (Å²) in [6.07, 6.45) is 2.22. The van der Waals surface area contributed by atoms with Crippen LogP contribution >= 0.6 is 0 Å². The minimum atomic E-state index is -1.11. The maximum atomic E-state index is 12.2. The van der Waals surface area contributed by atoms with Crippen molar-refractivity contribution in [2.24, 2.45) is 5.92 Å². The largest absolute Gasteiger partial charge is 0.444 e. The summed E-state index contributed by atoms with van der Waals surface area (Å²) in [6, 6.07) is 5.42. The number of hydrogen-bond acceptors (Lipinski definition) is 4. The molecule has 21 heavy (non-hydrogen) atoms. The van der Waals surface area contributed by atoms with E-state index in [9.17, 15) is 9.00 Å². The summed E-state index contributed by atoms with van der Waals surface area (Å²) < 4.78 is 17.6. The van der Waals surface area contributed by atoms with E-state index < -0.39 is 16.4 Å². The highest BCUT2D eigenvalue weighted by Crippen LogP contribution is 2.21. The molecule has 0 spiro atoms. The second-order valence-electron chi connectivity index (χ2n) is 6.26. The number of rotatable bonds is 3. The monoisotopic (exact) mass is 310 g/mol. The number of carbonyl (C=O) groups is 1. The van der Waals surface area contributed by atoms with Crippen molar-refractivity contribution in [3.8, 4) is 0 Å². The maximum absolute atomic E-state index is 12.2. The highest BCUT2D eigenvalue weighted by atomic mass is 32.2. The van der Waals surface area contributed by atoms with Crippen molar-refractivity contribution in [2.75, 3.05) is 18.8 Å². The predicted molar refractivity (Wildman–Crippen MR) is 81.4 cm³/mol. The van der Waals surface area contributed by atoms with Crippen LogP contribution in [0.4, 0.5) is 4.79 Å². The zero-order chi connectivity index (χ0) is 15.5. The van der Waals surface area contributed by atoms with E-state index in [0.29, 0.717) is 23.9 Å². The van der Waals surface area contributed by atoms with Crippen LogP contribution in [0.1, 0.15) is 27.2 Å². The molecule has 1 saturated heterocycles. The first-order valence-electron chi connectivity index (χ1n) is 7.12. The number of ether oxygens (including phenoxy) is 1. The molecule has 5 nitrogen and oxygen atoms in total. The Morgan fingerprint density at radius 2 is 2.24 bits per heavy atom. The zero-order valence-corrected chi connectivity index (χ0v) is 13.6. The molecule has 0 bridgehead atoms. The van der Waals surface area contributed by atoms with Crippen LogP contribution in [0.25, 0.3) is 0 Å². The molecule has 0 unspecified atom stereocenters. The van der Waals surface area contributed by atoms with E-state index in [1.54, 1.807) is 23.2 Å². The summed E-state index contributed by atoms with van der Waals surface area (Å²) in [5.41, 5.74) is -0.480. The summed E-state index contributed by atoms with van der Waals surface area (Å²) in [5.74, 6) is 0.774. The summed E-state index contributed by atoms with van der Waals surface area (Å²) in [5, 5.41) is 0.605. The molecule has 0 aromatic carbocycles. The van der Waals surface area contributed by atoms with Crippen molar-refractivity contribution < 1.29 is 13.7 Å². The van der Waals surface area contributed by atoms with E-state index in [2.05, 4.69) is 4.98 Å². The summed E-state index contributed by atoms with van der Waals surface area (Å²) in [7, 11) is -1.11. The third-order valence-electron chi connectivity index (χ3n) is 3.20. The molecule has 116 valence electrons. The lowest BCUT2D eigenvalue weighted by Gasteiger charge is -2.24. The average molecular weight is 310 g/mol. The number of nitrogens with zero attached hydrogens (tertiary/aromatic N) is 2. The van der Waals surface area contributed by atoms with Gasteiger partial charge < -0.3 is 9.64 Å². The van der Waals surface area contributed by atoms with Crippen molar-refractivity contribution in [1.29, 1.82) is 0 Å². The van der Waals surface area contributed by atoms with Gasteiger partial charge in [0.2, 0.25) is 0 Å². The predicted octanol–water partition coefficient (Wildman–Crippen LogP) is 2.45. The third-order valence-corrected chi connectivity index (χ3v) is 4.68. The third kappa shape index (κ3) is 4.81. The molecule has 2 rings (SSSR count). The van der Waals surface area contributed by atoms with Crippen molar-refractivity contribution >= 4 is 16.9 Å². The Kier molecular flexibility index (Phi) is 4.98. The van der Waals surface area contributed by atoms with Gasteiger partial charge in [0.1, 0.15) is 10.6 Å². The van der Waals surface area contributed by atoms with Gasteiger partial charge in [0.05, 0.1) is 10.8 Å². The number of carbonyl (C=O) groups excluding carboxylic acids is 1. The number of pyridine rings is 1. The lowest BCUT2D eigenvalue weighted by molar-refractivity contribution is 0.0289. The number of likely N-dealkylation sites (tertiary alicyclic amines) is 1. The van der Waals surface area contributed by atoms with Crippen LogP contribution in [0, 0.1) is 5.92 Å². The molecule has 0 radical (unpaired) electrons. The van der Waals surface area contributed by atoms with E-state index in [1.807, 2.05) is 26.8 Å². The van der Waals surface area contributed by atoms with Crippen molar-refractivity contribution in [3.05, 3.63) is 24.4 Å². The number of hydrogen-bond donors (Lipinski definition) is 0. The van der Waals surface area contributed by atoms with Gasteiger partial charge in [0.25, 0.3) is 0 Å². The fourth-order valence-corrected chi connectivity index (χ4v) is 3.52. The second kappa shape index (κ2) is 6.56. The van der Waals surface area contributed by atoms with Crippen LogP contribution in [-0.2, 0) is 15.5 Å². The van der Waals surface area contributed by atoms with E-state index >= 15 is 0 Å². The smallest absolute Gasteiger partial charge is 0.410 e. The van der Waals surface area contributed by atoms with Crippen LogP contribution in [0.2, 0.25) is 0 Å². The lowest BCUT2D eigenvalue weighted by atomic mass is 10.2. The summed E-state index contributed by atoms with van der Waals surface area (Å²) in [4.78, 5) is 17.8. The van der Waals surface area contributed by atoms with E-state index in [1.165, 1.54) is 0 Å². The number of aromatic nitrogens is 1. The first-order valence-corrected chi connectivity index (χ1v) is 8.44. The number of amides is 1. The van der Waals surface area contributed by atoms with Crippen LogP contribution < -0.4 is 0 Å². The minimum Gasteiger partial charge on any atom is -0.444 e. The van der Waals surface area contributed by atoms with Crippen LogP contribution in [0.15, 0.2) is 29.4 Å². The Hall–Kier alpha value is -1.43. The van der Waals surface area contributed by atoms with Gasteiger partial charge >= 0.3 is 6.09 Å². The molecule has 1 aromatic heterocycles. The molecule has 0 N–H and O–H groups in total. The molecule has 1 aromatic rings. The maximum Gasteiger partial charge on any atom is 0.410 e.